The lowest BCUT2D eigenvalue weighted by atomic mass is 9.97. The number of carbonyl (C=O) groups excluding carboxylic acids is 1. The van der Waals surface area contributed by atoms with Gasteiger partial charge in [0.2, 0.25) is 0 Å². The molecule has 2 unspecified atom stereocenters. The Balaban J connectivity index is 1.70. The molecule has 0 saturated carbocycles. The summed E-state index contributed by atoms with van der Waals surface area (Å²) in [6.45, 7) is 3.18. The Morgan fingerprint density at radius 2 is 2.04 bits per heavy atom. The van der Waals surface area contributed by atoms with Crippen LogP contribution in [-0.2, 0) is 6.54 Å². The van der Waals surface area contributed by atoms with Crippen LogP contribution in [0.15, 0.2) is 48.7 Å². The molecule has 1 aliphatic heterocycles. The molecule has 1 amide bonds. The number of pyridine rings is 1. The molecular weight excluding hydrogens is 340 g/mol. The maximum absolute atomic E-state index is 13.3. The number of hydrogen-bond donors (Lipinski definition) is 1. The standard InChI is InChI=1S/C21H24N4O2/c1-2-16-13-17(26)10-12-24(16)21(27)19-18-9-6-11-22-20(18)25(23-19)14-15-7-4-3-5-8-15/h3-9,11,16-17,26H,2,10,12-14H2,1H3. The van der Waals surface area contributed by atoms with E-state index in [1.54, 1.807) is 10.9 Å². The average molecular weight is 364 g/mol. The number of aliphatic hydroxyl groups is 1. The highest BCUT2D eigenvalue weighted by molar-refractivity contribution is 6.04. The van der Waals surface area contributed by atoms with Gasteiger partial charge in [-0.2, -0.15) is 5.10 Å². The summed E-state index contributed by atoms with van der Waals surface area (Å²) in [6, 6.07) is 13.8. The average Bonchev–Trinajstić information content (AvgIpc) is 3.07. The largest absolute Gasteiger partial charge is 0.393 e. The molecule has 1 fully saturated rings. The molecule has 4 rings (SSSR count). The molecular formula is C21H24N4O2. The van der Waals surface area contributed by atoms with Gasteiger partial charge in [-0.15, -0.1) is 0 Å². The molecule has 6 nitrogen and oxygen atoms in total. The molecule has 0 aliphatic carbocycles. The summed E-state index contributed by atoms with van der Waals surface area (Å²) in [6.07, 6.45) is 3.47. The van der Waals surface area contributed by atoms with Crippen LogP contribution in [-0.4, -0.2) is 49.4 Å². The number of amides is 1. The Labute approximate surface area is 158 Å². The molecule has 2 aromatic heterocycles. The Morgan fingerprint density at radius 3 is 2.81 bits per heavy atom. The van der Waals surface area contributed by atoms with Crippen LogP contribution >= 0.6 is 0 Å². The number of nitrogens with zero attached hydrogens (tertiary/aromatic N) is 4. The zero-order valence-corrected chi connectivity index (χ0v) is 15.5. The summed E-state index contributed by atoms with van der Waals surface area (Å²) in [4.78, 5) is 19.6. The van der Waals surface area contributed by atoms with Crippen LogP contribution in [0.2, 0.25) is 0 Å². The number of likely N-dealkylation sites (tertiary alicyclic amines) is 1. The molecule has 27 heavy (non-hydrogen) atoms. The van der Waals surface area contributed by atoms with Crippen LogP contribution in [0.25, 0.3) is 11.0 Å². The normalized spacial score (nSPS) is 20.1. The first-order valence-electron chi connectivity index (χ1n) is 9.52. The van der Waals surface area contributed by atoms with Crippen molar-refractivity contribution in [2.45, 2.75) is 44.9 Å². The fraction of sp³-hybridized carbons (Fsp3) is 0.381. The van der Waals surface area contributed by atoms with E-state index < -0.39 is 0 Å². The lowest BCUT2D eigenvalue weighted by Gasteiger charge is -2.37. The van der Waals surface area contributed by atoms with E-state index >= 15 is 0 Å². The molecule has 1 N–H and O–H groups in total. The van der Waals surface area contributed by atoms with Crippen molar-refractivity contribution in [1.29, 1.82) is 0 Å². The van der Waals surface area contributed by atoms with Gasteiger partial charge in [0.15, 0.2) is 11.3 Å². The van der Waals surface area contributed by atoms with Crippen LogP contribution < -0.4 is 0 Å². The Bertz CT molecular complexity index is 938. The van der Waals surface area contributed by atoms with Crippen LogP contribution in [0.3, 0.4) is 0 Å². The lowest BCUT2D eigenvalue weighted by Crippen LogP contribution is -2.47. The third-order valence-corrected chi connectivity index (χ3v) is 5.31. The summed E-state index contributed by atoms with van der Waals surface area (Å²) in [5.74, 6) is -0.0708. The number of hydrogen-bond acceptors (Lipinski definition) is 4. The molecule has 0 spiro atoms. The van der Waals surface area contributed by atoms with Crippen LogP contribution in [0.1, 0.15) is 42.2 Å². The van der Waals surface area contributed by atoms with E-state index in [0.717, 1.165) is 23.0 Å². The van der Waals surface area contributed by atoms with E-state index in [1.807, 2.05) is 47.4 Å². The summed E-state index contributed by atoms with van der Waals surface area (Å²) in [7, 11) is 0. The van der Waals surface area contributed by atoms with Gasteiger partial charge < -0.3 is 10.0 Å². The van der Waals surface area contributed by atoms with Crippen molar-refractivity contribution in [2.75, 3.05) is 6.54 Å². The van der Waals surface area contributed by atoms with Gasteiger partial charge in [-0.3, -0.25) is 4.79 Å². The first kappa shape index (κ1) is 17.7. The topological polar surface area (TPSA) is 71.2 Å². The monoisotopic (exact) mass is 364 g/mol. The summed E-state index contributed by atoms with van der Waals surface area (Å²) >= 11 is 0. The van der Waals surface area contributed by atoms with Gasteiger partial charge in [-0.05, 0) is 37.0 Å². The predicted octanol–water partition coefficient (Wildman–Crippen LogP) is 2.86. The number of aromatic nitrogens is 3. The number of rotatable bonds is 4. The second-order valence-electron chi connectivity index (χ2n) is 7.11. The van der Waals surface area contributed by atoms with Gasteiger partial charge in [0.1, 0.15) is 0 Å². The van der Waals surface area contributed by atoms with Crippen molar-refractivity contribution in [3.63, 3.8) is 0 Å². The zero-order chi connectivity index (χ0) is 18.8. The minimum atomic E-state index is -0.326. The molecule has 6 heteroatoms. The highest BCUT2D eigenvalue weighted by Crippen LogP contribution is 2.25. The van der Waals surface area contributed by atoms with Crippen molar-refractivity contribution in [3.05, 3.63) is 59.9 Å². The fourth-order valence-corrected chi connectivity index (χ4v) is 3.85. The van der Waals surface area contributed by atoms with E-state index in [-0.39, 0.29) is 18.1 Å². The third-order valence-electron chi connectivity index (χ3n) is 5.31. The zero-order valence-electron chi connectivity index (χ0n) is 15.5. The van der Waals surface area contributed by atoms with Gasteiger partial charge in [0, 0.05) is 18.8 Å². The third kappa shape index (κ3) is 3.45. The van der Waals surface area contributed by atoms with Gasteiger partial charge in [-0.25, -0.2) is 9.67 Å². The van der Waals surface area contributed by atoms with Crippen molar-refractivity contribution in [1.82, 2.24) is 19.7 Å². The molecule has 3 heterocycles. The van der Waals surface area contributed by atoms with E-state index in [2.05, 4.69) is 17.0 Å². The first-order valence-corrected chi connectivity index (χ1v) is 9.52. The number of benzene rings is 1. The number of piperidine rings is 1. The lowest BCUT2D eigenvalue weighted by molar-refractivity contribution is 0.0311. The second-order valence-corrected chi connectivity index (χ2v) is 7.11. The van der Waals surface area contributed by atoms with E-state index in [4.69, 9.17) is 0 Å². The Hall–Kier alpha value is -2.73. The van der Waals surface area contributed by atoms with Crippen LogP contribution in [0.5, 0.6) is 0 Å². The van der Waals surface area contributed by atoms with Gasteiger partial charge in [0.25, 0.3) is 5.91 Å². The molecule has 0 bridgehead atoms. The van der Waals surface area contributed by atoms with Gasteiger partial charge in [0.05, 0.1) is 18.0 Å². The van der Waals surface area contributed by atoms with E-state index in [9.17, 15) is 9.90 Å². The highest BCUT2D eigenvalue weighted by Gasteiger charge is 2.32. The Morgan fingerprint density at radius 1 is 1.22 bits per heavy atom. The SMILES string of the molecule is CCC1CC(O)CCN1C(=O)c1nn(Cc2ccccc2)c2ncccc12. The molecule has 1 aromatic carbocycles. The molecule has 1 aliphatic rings. The maximum atomic E-state index is 13.3. The minimum absolute atomic E-state index is 0.0484. The van der Waals surface area contributed by atoms with E-state index in [0.29, 0.717) is 31.6 Å². The summed E-state index contributed by atoms with van der Waals surface area (Å²) in [5, 5.41) is 15.4. The molecule has 3 aromatic rings. The van der Waals surface area contributed by atoms with Crippen LogP contribution in [0.4, 0.5) is 0 Å². The van der Waals surface area contributed by atoms with Crippen molar-refractivity contribution < 1.29 is 9.90 Å². The number of fused-ring (bicyclic) bond motifs is 1. The van der Waals surface area contributed by atoms with Gasteiger partial charge in [-0.1, -0.05) is 37.3 Å². The van der Waals surface area contributed by atoms with Gasteiger partial charge >= 0.3 is 0 Å². The van der Waals surface area contributed by atoms with Crippen molar-refractivity contribution in [2.24, 2.45) is 0 Å². The molecule has 2 atom stereocenters. The second kappa shape index (κ2) is 7.48. The van der Waals surface area contributed by atoms with Crippen molar-refractivity contribution in [3.8, 4) is 0 Å². The highest BCUT2D eigenvalue weighted by atomic mass is 16.3. The number of aliphatic hydroxyl groups excluding tert-OH is 1. The fourth-order valence-electron chi connectivity index (χ4n) is 3.85. The van der Waals surface area contributed by atoms with Crippen LogP contribution in [0, 0.1) is 0 Å². The molecule has 1 saturated heterocycles. The first-order chi connectivity index (χ1) is 13.2. The predicted molar refractivity (Wildman–Crippen MR) is 103 cm³/mol. The number of carbonyl (C=O) groups is 1. The smallest absolute Gasteiger partial charge is 0.275 e. The van der Waals surface area contributed by atoms with Crippen molar-refractivity contribution >= 4 is 16.9 Å². The molecule has 140 valence electrons. The Kier molecular flexibility index (Phi) is 4.90. The van der Waals surface area contributed by atoms with E-state index in [1.165, 1.54) is 0 Å². The summed E-state index contributed by atoms with van der Waals surface area (Å²) < 4.78 is 1.80. The minimum Gasteiger partial charge on any atom is -0.393 e. The summed E-state index contributed by atoms with van der Waals surface area (Å²) in [5.41, 5.74) is 2.28. The quantitative estimate of drug-likeness (QED) is 0.773. The molecule has 0 radical (unpaired) electrons. The maximum Gasteiger partial charge on any atom is 0.275 e.